The molecule has 1 aliphatic heterocycles. The van der Waals surface area contributed by atoms with Crippen LogP contribution in [0.1, 0.15) is 25.7 Å². The second-order valence-electron chi connectivity index (χ2n) is 4.30. The van der Waals surface area contributed by atoms with Crippen LogP contribution in [0.5, 0.6) is 0 Å². The topological polar surface area (TPSA) is 15.3 Å². The van der Waals surface area contributed by atoms with E-state index in [0.717, 1.165) is 38.8 Å². The molecule has 0 atom stereocenters. The van der Waals surface area contributed by atoms with Crippen LogP contribution in [0.25, 0.3) is 0 Å². The molecule has 4 heteroatoms. The number of hydrogen-bond donors (Lipinski definition) is 1. The molecule has 0 bridgehead atoms. The second-order valence-corrected chi connectivity index (χ2v) is 4.30. The van der Waals surface area contributed by atoms with Gasteiger partial charge in [0.25, 0.3) is 6.43 Å². The lowest BCUT2D eigenvalue weighted by Gasteiger charge is -2.34. The zero-order valence-electron chi connectivity index (χ0n) is 8.38. The maximum atomic E-state index is 12.4. The number of piperidine rings is 1. The Labute approximate surface area is 83.7 Å². The summed E-state index contributed by atoms with van der Waals surface area (Å²) in [6.45, 7) is 1.95. The minimum absolute atomic E-state index is 0.0185. The van der Waals surface area contributed by atoms with Crippen LogP contribution in [0.2, 0.25) is 0 Å². The van der Waals surface area contributed by atoms with Crippen molar-refractivity contribution in [1.29, 1.82) is 0 Å². The summed E-state index contributed by atoms with van der Waals surface area (Å²) < 4.78 is 24.7. The van der Waals surface area contributed by atoms with Gasteiger partial charge < -0.3 is 5.32 Å². The number of halogens is 2. The molecular weight excluding hydrogens is 186 g/mol. The summed E-state index contributed by atoms with van der Waals surface area (Å²) in [6, 6.07) is 0.866. The predicted octanol–water partition coefficient (Wildman–Crippen LogP) is 1.47. The highest BCUT2D eigenvalue weighted by Crippen LogP contribution is 2.31. The van der Waals surface area contributed by atoms with Gasteiger partial charge in [-0.1, -0.05) is 0 Å². The summed E-state index contributed by atoms with van der Waals surface area (Å²) in [6.07, 6.45) is 2.13. The highest BCUT2D eigenvalue weighted by molar-refractivity contribution is 4.90. The van der Waals surface area contributed by atoms with E-state index < -0.39 is 6.43 Å². The summed E-state index contributed by atoms with van der Waals surface area (Å²) in [5.41, 5.74) is 0. The fourth-order valence-corrected chi connectivity index (χ4v) is 2.30. The van der Waals surface area contributed by atoms with Crippen LogP contribution < -0.4 is 5.32 Å². The quantitative estimate of drug-likeness (QED) is 0.746. The molecular formula is C10H18F2N2. The van der Waals surface area contributed by atoms with E-state index in [1.807, 2.05) is 4.90 Å². The molecule has 82 valence electrons. The zero-order valence-corrected chi connectivity index (χ0v) is 8.38. The van der Waals surface area contributed by atoms with Crippen LogP contribution in [0.4, 0.5) is 8.78 Å². The Morgan fingerprint density at radius 1 is 1.07 bits per heavy atom. The largest absolute Gasteiger partial charge is 0.317 e. The third kappa shape index (κ3) is 2.64. The van der Waals surface area contributed by atoms with Gasteiger partial charge in [-0.2, -0.15) is 0 Å². The van der Waals surface area contributed by atoms with E-state index in [1.54, 1.807) is 0 Å². The molecule has 14 heavy (non-hydrogen) atoms. The van der Waals surface area contributed by atoms with E-state index >= 15 is 0 Å². The number of nitrogens with zero attached hydrogens (tertiary/aromatic N) is 1. The van der Waals surface area contributed by atoms with Crippen LogP contribution >= 0.6 is 0 Å². The first-order chi connectivity index (χ1) is 6.77. The summed E-state index contributed by atoms with van der Waals surface area (Å²) in [4.78, 5) is 2.05. The zero-order chi connectivity index (χ0) is 9.97. The molecule has 0 aromatic rings. The molecule has 0 spiro atoms. The first kappa shape index (κ1) is 10.3. The van der Waals surface area contributed by atoms with E-state index in [1.165, 1.54) is 0 Å². The lowest BCUT2D eigenvalue weighted by Crippen LogP contribution is -2.46. The predicted molar refractivity (Wildman–Crippen MR) is 51.6 cm³/mol. The Hall–Kier alpha value is -0.220. The maximum absolute atomic E-state index is 12.4. The minimum Gasteiger partial charge on any atom is -0.317 e. The smallest absolute Gasteiger partial charge is 0.251 e. The monoisotopic (exact) mass is 204 g/mol. The Morgan fingerprint density at radius 2 is 1.64 bits per heavy atom. The molecule has 1 aliphatic carbocycles. The van der Waals surface area contributed by atoms with Crippen LogP contribution in [0.3, 0.4) is 0 Å². The first-order valence-corrected chi connectivity index (χ1v) is 5.52. The normalized spacial score (nSPS) is 24.9. The fraction of sp³-hybridized carbons (Fsp3) is 1.00. The third-order valence-electron chi connectivity index (χ3n) is 3.14. The molecule has 2 nitrogen and oxygen atoms in total. The Balaban J connectivity index is 1.87. The van der Waals surface area contributed by atoms with Crippen LogP contribution in [-0.4, -0.2) is 43.0 Å². The summed E-state index contributed by atoms with van der Waals surface area (Å²) >= 11 is 0. The molecule has 1 saturated heterocycles. The Bertz CT molecular complexity index is 177. The average Bonchev–Trinajstić information content (AvgIpc) is 2.99. The molecule has 1 N–H and O–H groups in total. The molecule has 0 radical (unpaired) electrons. The first-order valence-electron chi connectivity index (χ1n) is 5.52. The van der Waals surface area contributed by atoms with E-state index in [0.29, 0.717) is 12.1 Å². The van der Waals surface area contributed by atoms with Crippen molar-refractivity contribution in [3.8, 4) is 0 Å². The van der Waals surface area contributed by atoms with Gasteiger partial charge in [-0.3, -0.25) is 4.90 Å². The van der Waals surface area contributed by atoms with Crippen LogP contribution in [0, 0.1) is 0 Å². The minimum atomic E-state index is -2.18. The molecule has 0 aromatic heterocycles. The summed E-state index contributed by atoms with van der Waals surface area (Å²) in [5.74, 6) is 0. The molecule has 0 unspecified atom stereocenters. The molecule has 2 fully saturated rings. The van der Waals surface area contributed by atoms with Gasteiger partial charge in [0.05, 0.1) is 6.54 Å². The highest BCUT2D eigenvalue weighted by Gasteiger charge is 2.35. The Kier molecular flexibility index (Phi) is 3.34. The van der Waals surface area contributed by atoms with Crippen LogP contribution in [0.15, 0.2) is 0 Å². The van der Waals surface area contributed by atoms with Crippen molar-refractivity contribution >= 4 is 0 Å². The van der Waals surface area contributed by atoms with Gasteiger partial charge in [0, 0.05) is 12.1 Å². The second kappa shape index (κ2) is 4.53. The molecule has 2 aliphatic rings. The molecule has 2 rings (SSSR count). The fourth-order valence-electron chi connectivity index (χ4n) is 2.30. The van der Waals surface area contributed by atoms with E-state index in [-0.39, 0.29) is 6.54 Å². The maximum Gasteiger partial charge on any atom is 0.251 e. The summed E-state index contributed by atoms with van der Waals surface area (Å²) in [5, 5.41) is 3.27. The van der Waals surface area contributed by atoms with E-state index in [9.17, 15) is 8.78 Å². The van der Waals surface area contributed by atoms with Crippen molar-refractivity contribution < 1.29 is 8.78 Å². The summed E-state index contributed by atoms with van der Waals surface area (Å²) in [7, 11) is 0. The van der Waals surface area contributed by atoms with E-state index in [4.69, 9.17) is 0 Å². The van der Waals surface area contributed by atoms with Gasteiger partial charge in [-0.05, 0) is 38.8 Å². The Morgan fingerprint density at radius 3 is 2.14 bits per heavy atom. The van der Waals surface area contributed by atoms with Crippen molar-refractivity contribution in [2.75, 3.05) is 19.6 Å². The van der Waals surface area contributed by atoms with Crippen molar-refractivity contribution in [1.82, 2.24) is 10.2 Å². The van der Waals surface area contributed by atoms with Gasteiger partial charge in [-0.15, -0.1) is 0 Å². The number of nitrogens with one attached hydrogen (secondary N) is 1. The molecule has 1 saturated carbocycles. The van der Waals surface area contributed by atoms with Gasteiger partial charge in [0.15, 0.2) is 0 Å². The third-order valence-corrected chi connectivity index (χ3v) is 3.14. The van der Waals surface area contributed by atoms with Crippen molar-refractivity contribution in [3.63, 3.8) is 0 Å². The van der Waals surface area contributed by atoms with Crippen LogP contribution in [-0.2, 0) is 0 Å². The van der Waals surface area contributed by atoms with Crippen molar-refractivity contribution in [2.24, 2.45) is 0 Å². The number of hydrogen-bond acceptors (Lipinski definition) is 2. The standard InChI is InChI=1S/C10H18F2N2/c11-10(12)7-14(8-1-2-8)9-3-5-13-6-4-9/h8-10,13H,1-7H2. The van der Waals surface area contributed by atoms with Crippen molar-refractivity contribution in [3.05, 3.63) is 0 Å². The number of rotatable bonds is 4. The lowest BCUT2D eigenvalue weighted by atomic mass is 10.0. The average molecular weight is 204 g/mol. The molecule has 0 amide bonds. The highest BCUT2D eigenvalue weighted by atomic mass is 19.3. The van der Waals surface area contributed by atoms with Gasteiger partial charge in [0.1, 0.15) is 0 Å². The van der Waals surface area contributed by atoms with Gasteiger partial charge in [-0.25, -0.2) is 8.78 Å². The SMILES string of the molecule is FC(F)CN(C1CCNCC1)C1CC1. The van der Waals surface area contributed by atoms with E-state index in [2.05, 4.69) is 5.32 Å². The van der Waals surface area contributed by atoms with Gasteiger partial charge in [0.2, 0.25) is 0 Å². The molecule has 1 heterocycles. The molecule has 0 aromatic carbocycles. The number of alkyl halides is 2. The van der Waals surface area contributed by atoms with Gasteiger partial charge >= 0.3 is 0 Å². The lowest BCUT2D eigenvalue weighted by molar-refractivity contribution is 0.0513. The van der Waals surface area contributed by atoms with Crippen molar-refractivity contribution in [2.45, 2.75) is 44.2 Å².